The number of thiophene rings is 1. The maximum Gasteiger partial charge on any atom is 0.348 e. The summed E-state index contributed by atoms with van der Waals surface area (Å²) in [5.41, 5.74) is 3.00. The van der Waals surface area contributed by atoms with Crippen molar-refractivity contribution in [2.75, 3.05) is 24.9 Å². The Bertz CT molecular complexity index is 1170. The molecule has 32 heavy (non-hydrogen) atoms. The van der Waals surface area contributed by atoms with Crippen LogP contribution in [-0.2, 0) is 16.0 Å². The molecule has 0 bridgehead atoms. The van der Waals surface area contributed by atoms with E-state index in [1.165, 1.54) is 19.8 Å². The van der Waals surface area contributed by atoms with E-state index in [4.69, 9.17) is 21.7 Å². The van der Waals surface area contributed by atoms with Gasteiger partial charge in [-0.2, -0.15) is 5.10 Å². The van der Waals surface area contributed by atoms with Gasteiger partial charge in [0, 0.05) is 6.20 Å². The van der Waals surface area contributed by atoms with Crippen molar-refractivity contribution in [1.82, 2.24) is 9.78 Å². The third-order valence-electron chi connectivity index (χ3n) is 4.55. The van der Waals surface area contributed by atoms with Crippen LogP contribution < -0.4 is 10.6 Å². The van der Waals surface area contributed by atoms with Gasteiger partial charge in [-0.3, -0.25) is 4.68 Å². The molecule has 0 spiro atoms. The predicted octanol–water partition coefficient (Wildman–Crippen LogP) is 4.75. The number of carbonyl (C=O) groups is 2. The number of rotatable bonds is 6. The molecule has 1 aromatic carbocycles. The lowest BCUT2D eigenvalue weighted by Gasteiger charge is -2.09. The van der Waals surface area contributed by atoms with E-state index >= 15 is 0 Å². The maximum atomic E-state index is 12.3. The predicted molar refractivity (Wildman–Crippen MR) is 132 cm³/mol. The lowest BCUT2D eigenvalue weighted by molar-refractivity contribution is 0.0601. The van der Waals surface area contributed by atoms with Gasteiger partial charge in [-0.15, -0.1) is 11.3 Å². The molecule has 2 heterocycles. The first kappa shape index (κ1) is 23.9. The quantitative estimate of drug-likeness (QED) is 0.344. The maximum absolute atomic E-state index is 12.3. The molecular weight excluding hydrogens is 516 g/mol. The Morgan fingerprint density at radius 1 is 1.12 bits per heavy atom. The second-order valence-corrected chi connectivity index (χ2v) is 9.11. The highest BCUT2D eigenvalue weighted by Crippen LogP contribution is 2.34. The summed E-state index contributed by atoms with van der Waals surface area (Å²) < 4.78 is 12.2. The van der Waals surface area contributed by atoms with Crippen molar-refractivity contribution in [1.29, 1.82) is 0 Å². The summed E-state index contributed by atoms with van der Waals surface area (Å²) >= 11 is 9.95. The molecule has 0 aliphatic carbocycles. The molecule has 8 nitrogen and oxygen atoms in total. The number of benzene rings is 1. The molecule has 0 unspecified atom stereocenters. The minimum absolute atomic E-state index is 0.203. The fourth-order valence-electron chi connectivity index (χ4n) is 2.92. The molecule has 11 heteroatoms. The number of nitrogens with one attached hydrogen (secondary N) is 2. The number of carbonyl (C=O) groups excluding carboxylic acids is 2. The van der Waals surface area contributed by atoms with Gasteiger partial charge in [0.05, 0.1) is 30.8 Å². The average Bonchev–Trinajstić information content (AvgIpc) is 3.27. The molecule has 3 aromatic rings. The van der Waals surface area contributed by atoms with Crippen LogP contribution in [0.15, 0.2) is 34.9 Å². The number of esters is 2. The number of hydrogen-bond donors (Lipinski definition) is 2. The summed E-state index contributed by atoms with van der Waals surface area (Å²) in [5, 5.41) is 11.1. The first-order valence-electron chi connectivity index (χ1n) is 9.40. The number of aromatic nitrogens is 2. The van der Waals surface area contributed by atoms with Crippen molar-refractivity contribution in [3.05, 3.63) is 62.1 Å². The largest absolute Gasteiger partial charge is 0.465 e. The Balaban J connectivity index is 1.77. The lowest BCUT2D eigenvalue weighted by atomic mass is 10.1. The summed E-state index contributed by atoms with van der Waals surface area (Å²) in [6.45, 7) is 4.29. The van der Waals surface area contributed by atoms with Gasteiger partial charge in [0.25, 0.3) is 0 Å². The van der Waals surface area contributed by atoms with Gasteiger partial charge < -0.3 is 20.1 Å². The number of hydrogen-bond acceptors (Lipinski definition) is 7. The van der Waals surface area contributed by atoms with Gasteiger partial charge in [-0.05, 0) is 53.1 Å². The Labute approximate surface area is 203 Å². The zero-order valence-corrected chi connectivity index (χ0v) is 21.0. The second-order valence-electron chi connectivity index (χ2n) is 6.83. The number of halogens is 1. The molecule has 3 rings (SSSR count). The lowest BCUT2D eigenvalue weighted by Crippen LogP contribution is -2.20. The highest BCUT2D eigenvalue weighted by Gasteiger charge is 2.26. The van der Waals surface area contributed by atoms with E-state index in [-0.39, 0.29) is 10.7 Å². The number of methoxy groups -OCH3 is 2. The Morgan fingerprint density at radius 2 is 1.78 bits per heavy atom. The minimum Gasteiger partial charge on any atom is -0.465 e. The first-order chi connectivity index (χ1) is 15.2. The molecular formula is C21H21BrN4O4S2. The highest BCUT2D eigenvalue weighted by atomic mass is 79.9. The fourth-order valence-corrected chi connectivity index (χ4v) is 4.72. The summed E-state index contributed by atoms with van der Waals surface area (Å²) in [6, 6.07) is 8.21. The highest BCUT2D eigenvalue weighted by molar-refractivity contribution is 9.10. The van der Waals surface area contributed by atoms with Gasteiger partial charge in [-0.25, -0.2) is 9.59 Å². The van der Waals surface area contributed by atoms with Crippen molar-refractivity contribution in [2.45, 2.75) is 20.4 Å². The Morgan fingerprint density at radius 3 is 2.41 bits per heavy atom. The summed E-state index contributed by atoms with van der Waals surface area (Å²) in [5.74, 6) is -0.611. The number of anilines is 2. The number of nitrogens with zero attached hydrogens (tertiary/aromatic N) is 2. The standard InChI is InChI=1S/C21H21BrN4O4S2/c1-11-5-7-13(8-6-11)9-26-10-14(22)17(25-26)23-21(31)24-18-15(19(27)29-3)12(2)16(32-18)20(28)30-4/h5-8,10H,9H2,1-4H3,(H2,23,24,25,31). The number of ether oxygens (including phenoxy) is 2. The topological polar surface area (TPSA) is 94.5 Å². The second kappa shape index (κ2) is 10.2. The summed E-state index contributed by atoms with van der Waals surface area (Å²) in [6.07, 6.45) is 1.84. The third kappa shape index (κ3) is 5.34. The van der Waals surface area contributed by atoms with E-state index in [1.54, 1.807) is 11.6 Å². The van der Waals surface area contributed by atoms with E-state index < -0.39 is 11.9 Å². The molecule has 0 saturated carbocycles. The number of aryl methyl sites for hydroxylation is 1. The van der Waals surface area contributed by atoms with Gasteiger partial charge in [0.1, 0.15) is 9.88 Å². The van der Waals surface area contributed by atoms with Crippen LogP contribution in [0.2, 0.25) is 0 Å². The van der Waals surface area contributed by atoms with Crippen molar-refractivity contribution in [2.24, 2.45) is 0 Å². The summed E-state index contributed by atoms with van der Waals surface area (Å²) in [7, 11) is 2.55. The van der Waals surface area contributed by atoms with Gasteiger partial charge >= 0.3 is 11.9 Å². The zero-order valence-electron chi connectivity index (χ0n) is 17.8. The normalized spacial score (nSPS) is 10.5. The van der Waals surface area contributed by atoms with Crippen LogP contribution in [0, 0.1) is 13.8 Å². The monoisotopic (exact) mass is 536 g/mol. The van der Waals surface area contributed by atoms with Crippen molar-refractivity contribution in [3.63, 3.8) is 0 Å². The minimum atomic E-state index is -0.581. The molecule has 0 radical (unpaired) electrons. The van der Waals surface area contributed by atoms with Crippen LogP contribution in [0.25, 0.3) is 0 Å². The Hall–Kier alpha value is -2.76. The molecule has 0 aliphatic heterocycles. The molecule has 2 aromatic heterocycles. The van der Waals surface area contributed by atoms with Gasteiger partial charge in [-0.1, -0.05) is 29.8 Å². The molecule has 0 amide bonds. The molecule has 168 valence electrons. The van der Waals surface area contributed by atoms with E-state index in [0.717, 1.165) is 21.4 Å². The zero-order chi connectivity index (χ0) is 23.4. The van der Waals surface area contributed by atoms with Crippen molar-refractivity contribution in [3.8, 4) is 0 Å². The van der Waals surface area contributed by atoms with E-state index in [1.807, 2.05) is 13.1 Å². The average molecular weight is 537 g/mol. The van der Waals surface area contributed by atoms with Crippen molar-refractivity contribution >= 4 is 67.4 Å². The molecule has 0 aliphatic rings. The molecule has 0 fully saturated rings. The van der Waals surface area contributed by atoms with Crippen LogP contribution >= 0.6 is 39.5 Å². The number of thiocarbonyl (C=S) groups is 1. The van der Waals surface area contributed by atoms with Crippen LogP contribution in [-0.4, -0.2) is 41.1 Å². The van der Waals surface area contributed by atoms with E-state index in [0.29, 0.717) is 27.8 Å². The third-order valence-corrected chi connectivity index (χ3v) is 6.52. The van der Waals surface area contributed by atoms with Crippen molar-refractivity contribution < 1.29 is 19.1 Å². The Kier molecular flexibility index (Phi) is 7.64. The fraction of sp³-hybridized carbons (Fsp3) is 0.238. The van der Waals surface area contributed by atoms with E-state index in [9.17, 15) is 9.59 Å². The van der Waals surface area contributed by atoms with Crippen LogP contribution in [0.4, 0.5) is 10.8 Å². The van der Waals surface area contributed by atoms with Gasteiger partial charge in [0.15, 0.2) is 10.9 Å². The van der Waals surface area contributed by atoms with Crippen LogP contribution in [0.3, 0.4) is 0 Å². The van der Waals surface area contributed by atoms with Crippen LogP contribution in [0.1, 0.15) is 36.7 Å². The summed E-state index contributed by atoms with van der Waals surface area (Å²) in [4.78, 5) is 24.6. The smallest absolute Gasteiger partial charge is 0.348 e. The van der Waals surface area contributed by atoms with Gasteiger partial charge in [0.2, 0.25) is 0 Å². The first-order valence-corrected chi connectivity index (χ1v) is 11.4. The molecule has 2 N–H and O–H groups in total. The molecule has 0 saturated heterocycles. The SMILES string of the molecule is COC(=O)c1sc(NC(=S)Nc2nn(Cc3ccc(C)cc3)cc2Br)c(C(=O)OC)c1C. The molecule has 0 atom stereocenters. The van der Waals surface area contributed by atoms with E-state index in [2.05, 4.69) is 55.9 Å². The van der Waals surface area contributed by atoms with Crippen LogP contribution in [0.5, 0.6) is 0 Å².